The van der Waals surface area contributed by atoms with Gasteiger partial charge >= 0.3 is 5.97 Å². The van der Waals surface area contributed by atoms with Crippen LogP contribution in [0.25, 0.3) is 22.6 Å². The number of hydrogen-bond donors (Lipinski definition) is 1. The molecule has 1 spiro atoms. The second-order valence-electron chi connectivity index (χ2n) is 10.5. The van der Waals surface area contributed by atoms with Crippen LogP contribution in [0.4, 0.5) is 5.82 Å². The SMILES string of the molecule is CC(CCOc1ccc(-c2nc3c(N4CCCC45CC5)ncnc3n2Cc2cccc(Cl)c2)c(Cl)c1)C(=O)O. The summed E-state index contributed by atoms with van der Waals surface area (Å²) in [5.74, 6) is 0.824. The number of nitrogens with zero attached hydrogens (tertiary/aromatic N) is 5. The van der Waals surface area contributed by atoms with E-state index >= 15 is 0 Å². The molecule has 4 aromatic rings. The molecule has 1 N–H and O–H groups in total. The average Bonchev–Trinajstić information content (AvgIpc) is 3.43. The number of aliphatic carboxylic acids is 1. The number of carboxylic acids is 1. The Kier molecular flexibility index (Phi) is 6.85. The number of carboxylic acid groups (broad SMARTS) is 1. The van der Waals surface area contributed by atoms with Crippen molar-refractivity contribution in [2.24, 2.45) is 5.92 Å². The first-order chi connectivity index (χ1) is 18.8. The Morgan fingerprint density at radius 2 is 2.00 bits per heavy atom. The summed E-state index contributed by atoms with van der Waals surface area (Å²) in [4.78, 5) is 28.0. The van der Waals surface area contributed by atoms with Crippen LogP contribution in [-0.2, 0) is 11.3 Å². The van der Waals surface area contributed by atoms with E-state index in [-0.39, 0.29) is 12.1 Å². The van der Waals surface area contributed by atoms with Crippen LogP contribution in [0.3, 0.4) is 0 Å². The van der Waals surface area contributed by atoms with Gasteiger partial charge in [0.05, 0.1) is 24.1 Å². The molecule has 2 aliphatic rings. The number of hydrogen-bond acceptors (Lipinski definition) is 6. The first kappa shape index (κ1) is 25.9. The largest absolute Gasteiger partial charge is 0.494 e. The summed E-state index contributed by atoms with van der Waals surface area (Å²) >= 11 is 13.1. The van der Waals surface area contributed by atoms with E-state index in [1.165, 1.54) is 19.3 Å². The second-order valence-corrected chi connectivity index (χ2v) is 11.4. The smallest absolute Gasteiger partial charge is 0.306 e. The van der Waals surface area contributed by atoms with Crippen molar-refractivity contribution in [3.05, 3.63) is 64.4 Å². The van der Waals surface area contributed by atoms with Crippen LogP contribution in [-0.4, -0.2) is 49.3 Å². The third-order valence-corrected chi connectivity index (χ3v) is 8.39. The summed E-state index contributed by atoms with van der Waals surface area (Å²) in [5, 5.41) is 10.3. The molecule has 10 heteroatoms. The Balaban J connectivity index is 1.39. The predicted molar refractivity (Wildman–Crippen MR) is 152 cm³/mol. The number of aromatic nitrogens is 4. The standard InChI is InChI=1S/C29H29Cl2N5O3/c1-18(28(37)38)8-13-39-21-6-7-22(23(31)15-21)25-34-24-26(35(25)16-19-4-2-5-20(30)14-19)32-17-33-27(24)36-12-3-9-29(36)10-11-29/h2,4-7,14-15,17-18H,3,8-13,16H2,1H3,(H,37,38). The number of imidazole rings is 1. The highest BCUT2D eigenvalue weighted by molar-refractivity contribution is 6.33. The fraction of sp³-hybridized carbons (Fsp3) is 0.379. The maximum absolute atomic E-state index is 11.1. The average molecular weight is 566 g/mol. The maximum Gasteiger partial charge on any atom is 0.306 e. The molecule has 39 heavy (non-hydrogen) atoms. The van der Waals surface area contributed by atoms with Gasteiger partial charge in [-0.25, -0.2) is 15.0 Å². The van der Waals surface area contributed by atoms with Crippen LogP contribution < -0.4 is 9.64 Å². The van der Waals surface area contributed by atoms with Gasteiger partial charge in [0.15, 0.2) is 17.0 Å². The topological polar surface area (TPSA) is 93.4 Å². The van der Waals surface area contributed by atoms with Crippen molar-refractivity contribution in [2.45, 2.75) is 51.1 Å². The number of rotatable bonds is 9. The lowest BCUT2D eigenvalue weighted by molar-refractivity contribution is -0.141. The molecule has 3 heterocycles. The molecule has 0 bridgehead atoms. The molecule has 2 aromatic heterocycles. The molecule has 2 aromatic carbocycles. The monoisotopic (exact) mass is 565 g/mol. The zero-order valence-corrected chi connectivity index (χ0v) is 23.1. The highest BCUT2D eigenvalue weighted by atomic mass is 35.5. The van der Waals surface area contributed by atoms with E-state index in [1.54, 1.807) is 19.3 Å². The molecule has 202 valence electrons. The fourth-order valence-corrected chi connectivity index (χ4v) is 5.94. The molecule has 1 unspecified atom stereocenters. The molecule has 1 saturated carbocycles. The normalized spacial score (nSPS) is 16.6. The first-order valence-electron chi connectivity index (χ1n) is 13.2. The van der Waals surface area contributed by atoms with E-state index in [0.717, 1.165) is 41.1 Å². The molecule has 8 nitrogen and oxygen atoms in total. The van der Waals surface area contributed by atoms with Gasteiger partial charge in [-0.3, -0.25) is 4.79 Å². The van der Waals surface area contributed by atoms with Crippen LogP contribution in [0.1, 0.15) is 44.6 Å². The van der Waals surface area contributed by atoms with Gasteiger partial charge in [-0.05, 0) is 68.0 Å². The van der Waals surface area contributed by atoms with Gasteiger partial charge in [-0.1, -0.05) is 42.3 Å². The molecular formula is C29H29Cl2N5O3. The molecule has 0 radical (unpaired) electrons. The Hall–Kier alpha value is -3.36. The summed E-state index contributed by atoms with van der Waals surface area (Å²) in [6, 6.07) is 13.2. The number of fused-ring (bicyclic) bond motifs is 1. The van der Waals surface area contributed by atoms with Crippen LogP contribution in [0.15, 0.2) is 48.8 Å². The highest BCUT2D eigenvalue weighted by Gasteiger charge is 2.51. The molecule has 2 fully saturated rings. The molecular weight excluding hydrogens is 537 g/mol. The number of carbonyl (C=O) groups is 1. The van der Waals surface area contributed by atoms with E-state index in [9.17, 15) is 4.79 Å². The maximum atomic E-state index is 11.1. The van der Waals surface area contributed by atoms with Gasteiger partial charge in [0.1, 0.15) is 17.9 Å². The van der Waals surface area contributed by atoms with Crippen molar-refractivity contribution in [3.63, 3.8) is 0 Å². The Bertz CT molecular complexity index is 1550. The van der Waals surface area contributed by atoms with Gasteiger partial charge < -0.3 is 19.3 Å². The lowest BCUT2D eigenvalue weighted by Crippen LogP contribution is -2.31. The Labute approximate surface area is 236 Å². The minimum atomic E-state index is -0.838. The number of anilines is 1. The molecule has 0 amide bonds. The van der Waals surface area contributed by atoms with Gasteiger partial charge in [0.25, 0.3) is 0 Å². The second kappa shape index (κ2) is 10.3. The van der Waals surface area contributed by atoms with E-state index in [4.69, 9.17) is 43.0 Å². The van der Waals surface area contributed by atoms with Crippen molar-refractivity contribution in [1.29, 1.82) is 0 Å². The quantitative estimate of drug-likeness (QED) is 0.248. The van der Waals surface area contributed by atoms with Gasteiger partial charge in [0, 0.05) is 22.7 Å². The van der Waals surface area contributed by atoms with Gasteiger partial charge in [0.2, 0.25) is 0 Å². The zero-order chi connectivity index (χ0) is 27.1. The van der Waals surface area contributed by atoms with Crippen molar-refractivity contribution < 1.29 is 14.6 Å². The fourth-order valence-electron chi connectivity index (χ4n) is 5.47. The number of benzene rings is 2. The van der Waals surface area contributed by atoms with Crippen molar-refractivity contribution in [2.75, 3.05) is 18.1 Å². The highest BCUT2D eigenvalue weighted by Crippen LogP contribution is 2.52. The third kappa shape index (κ3) is 5.03. The summed E-state index contributed by atoms with van der Waals surface area (Å²) in [6.45, 7) is 3.43. The van der Waals surface area contributed by atoms with Crippen LogP contribution in [0.5, 0.6) is 5.75 Å². The molecule has 6 rings (SSSR count). The molecule has 1 aliphatic carbocycles. The Morgan fingerprint density at radius 3 is 2.74 bits per heavy atom. The summed E-state index contributed by atoms with van der Waals surface area (Å²) in [6.07, 6.45) is 6.75. The first-order valence-corrected chi connectivity index (χ1v) is 14.0. The van der Waals surface area contributed by atoms with Crippen LogP contribution in [0.2, 0.25) is 10.0 Å². The van der Waals surface area contributed by atoms with Crippen molar-refractivity contribution in [3.8, 4) is 17.1 Å². The van der Waals surface area contributed by atoms with Crippen molar-refractivity contribution in [1.82, 2.24) is 19.5 Å². The van der Waals surface area contributed by atoms with Crippen LogP contribution >= 0.6 is 23.2 Å². The van der Waals surface area contributed by atoms with Gasteiger partial charge in [-0.15, -0.1) is 0 Å². The summed E-state index contributed by atoms with van der Waals surface area (Å²) in [7, 11) is 0. The molecule has 1 aliphatic heterocycles. The molecule has 1 saturated heterocycles. The van der Waals surface area contributed by atoms with Gasteiger partial charge in [-0.2, -0.15) is 0 Å². The summed E-state index contributed by atoms with van der Waals surface area (Å²) in [5.41, 5.74) is 3.49. The number of halogens is 2. The van der Waals surface area contributed by atoms with E-state index in [1.807, 2.05) is 36.4 Å². The van der Waals surface area contributed by atoms with Crippen LogP contribution in [0, 0.1) is 5.92 Å². The third-order valence-electron chi connectivity index (χ3n) is 7.84. The van der Waals surface area contributed by atoms with E-state index in [2.05, 4.69) is 14.5 Å². The zero-order valence-electron chi connectivity index (χ0n) is 21.6. The lowest BCUT2D eigenvalue weighted by Gasteiger charge is -2.25. The van der Waals surface area contributed by atoms with E-state index < -0.39 is 11.9 Å². The van der Waals surface area contributed by atoms with E-state index in [0.29, 0.717) is 34.6 Å². The number of ether oxygens (including phenoxy) is 1. The minimum Gasteiger partial charge on any atom is -0.494 e. The van der Waals surface area contributed by atoms with Crippen molar-refractivity contribution >= 4 is 46.2 Å². The summed E-state index contributed by atoms with van der Waals surface area (Å²) < 4.78 is 7.86. The predicted octanol–water partition coefficient (Wildman–Crippen LogP) is 6.47. The minimum absolute atomic E-state index is 0.215. The molecule has 1 atom stereocenters. The Morgan fingerprint density at radius 1 is 1.15 bits per heavy atom. The lowest BCUT2D eigenvalue weighted by atomic mass is 10.1.